The van der Waals surface area contributed by atoms with Gasteiger partial charge >= 0.3 is 0 Å². The van der Waals surface area contributed by atoms with E-state index in [4.69, 9.17) is 13.3 Å². The molecule has 0 amide bonds. The van der Waals surface area contributed by atoms with Crippen molar-refractivity contribution in [2.45, 2.75) is 96.3 Å². The SMILES string of the molecule is CC1(C)c2cc(N(c3ccc4c(c3)C(C)(C)c3c5c(c6oc7ccccc7c6c3-4)-c3ccccc3C5(C)C)c3ccc4c(c3)C(C)(C)c3c5c(c6oc7ccccc7c6c3-4)-c3ccccc3C5(C)C)ccc2-c2c1cc(-c1ccc3c(c1)c1ccccc1n3-c1ccccc1)c1oc3ccccc3c21. The fourth-order valence-electron chi connectivity index (χ4n) is 21.2. The van der Waals surface area contributed by atoms with Crippen molar-refractivity contribution in [1.82, 2.24) is 4.57 Å². The predicted octanol–water partition coefficient (Wildman–Crippen LogP) is 27.2. The lowest BCUT2D eigenvalue weighted by molar-refractivity contribution is 0.600. The third-order valence-electron chi connectivity index (χ3n) is 25.8. The number of aromatic nitrogens is 1. The van der Waals surface area contributed by atoms with Gasteiger partial charge in [-0.05, 0) is 197 Å². The van der Waals surface area contributed by atoms with Gasteiger partial charge in [-0.1, -0.05) is 233 Å². The van der Waals surface area contributed by atoms with E-state index in [9.17, 15) is 0 Å². The van der Waals surface area contributed by atoms with E-state index in [0.29, 0.717) is 0 Å². The normalized spacial score (nSPS) is 16.0. The summed E-state index contributed by atoms with van der Waals surface area (Å²) in [5.74, 6) is 0. The Bertz CT molecular complexity index is 6760. The van der Waals surface area contributed by atoms with Gasteiger partial charge in [-0.15, -0.1) is 0 Å². The highest BCUT2D eigenvalue weighted by molar-refractivity contribution is 6.24. The lowest BCUT2D eigenvalue weighted by Crippen LogP contribution is -2.24. The van der Waals surface area contributed by atoms with Crippen molar-refractivity contribution in [2.24, 2.45) is 0 Å². The van der Waals surface area contributed by atoms with E-state index in [1.54, 1.807) is 0 Å². The Labute approximate surface area is 602 Å². The van der Waals surface area contributed by atoms with Crippen LogP contribution in [-0.2, 0) is 27.1 Å². The first-order valence-electron chi connectivity index (χ1n) is 37.0. The van der Waals surface area contributed by atoms with Crippen molar-refractivity contribution < 1.29 is 13.3 Å². The Morgan fingerprint density at radius 3 is 1.16 bits per heavy atom. The minimum absolute atomic E-state index is 0.291. The van der Waals surface area contributed by atoms with E-state index in [2.05, 4.69) is 333 Å². The number of anilines is 3. The minimum Gasteiger partial charge on any atom is -0.455 e. The first-order chi connectivity index (χ1) is 50.4. The van der Waals surface area contributed by atoms with E-state index in [1.807, 2.05) is 0 Å². The fraction of sp³-hybridized carbons (Fsp3) is 0.152. The van der Waals surface area contributed by atoms with Crippen LogP contribution in [0.4, 0.5) is 17.1 Å². The zero-order valence-electron chi connectivity index (χ0n) is 59.9. The van der Waals surface area contributed by atoms with Crippen LogP contribution in [0.25, 0.3) is 160 Å². The molecule has 0 unspecified atom stereocenters. The maximum atomic E-state index is 7.21. The maximum Gasteiger partial charge on any atom is 0.144 e. The largest absolute Gasteiger partial charge is 0.455 e. The fourth-order valence-corrected chi connectivity index (χ4v) is 21.2. The summed E-state index contributed by atoms with van der Waals surface area (Å²) in [5, 5.41) is 9.43. The number of hydrogen-bond acceptors (Lipinski definition) is 4. The molecule has 0 aliphatic heterocycles. The summed E-state index contributed by atoms with van der Waals surface area (Å²) in [4.78, 5) is 2.59. The van der Waals surface area contributed by atoms with Gasteiger partial charge in [0.05, 0.1) is 11.0 Å². The maximum absolute atomic E-state index is 7.21. The van der Waals surface area contributed by atoms with Crippen molar-refractivity contribution in [3.63, 3.8) is 0 Å². The average molecular weight is 1340 g/mol. The van der Waals surface area contributed by atoms with E-state index in [0.717, 1.165) is 88.9 Å². The van der Waals surface area contributed by atoms with Crippen LogP contribution in [0, 0.1) is 0 Å². The Kier molecular flexibility index (Phi) is 11.0. The molecule has 0 radical (unpaired) electrons. The number of hydrogen-bond donors (Lipinski definition) is 0. The summed E-state index contributed by atoms with van der Waals surface area (Å²) in [5.41, 5.74) is 38.7. The van der Waals surface area contributed by atoms with Crippen molar-refractivity contribution >= 4 is 105 Å². The van der Waals surface area contributed by atoms with Gasteiger partial charge < -0.3 is 22.7 Å². The van der Waals surface area contributed by atoms with E-state index in [-0.39, 0.29) is 10.8 Å². The molecule has 104 heavy (non-hydrogen) atoms. The minimum atomic E-state index is -0.447. The average Bonchev–Trinajstić information content (AvgIpc) is 1.51. The second-order valence-electron chi connectivity index (χ2n) is 32.9. The van der Waals surface area contributed by atoms with Crippen LogP contribution in [-0.4, -0.2) is 4.57 Å². The zero-order chi connectivity index (χ0) is 69.7. The third-order valence-corrected chi connectivity index (χ3v) is 25.8. The van der Waals surface area contributed by atoms with E-state index < -0.39 is 16.2 Å². The van der Waals surface area contributed by atoms with Crippen LogP contribution in [0.15, 0.2) is 268 Å². The van der Waals surface area contributed by atoms with Gasteiger partial charge in [-0.2, -0.15) is 0 Å². The number of benzene rings is 14. The molecular weight excluding hydrogens is 1270 g/mol. The molecule has 18 aromatic rings. The highest BCUT2D eigenvalue weighted by atomic mass is 16.3. The number of furan rings is 3. The highest BCUT2D eigenvalue weighted by Crippen LogP contribution is 2.67. The molecule has 14 aromatic carbocycles. The smallest absolute Gasteiger partial charge is 0.144 e. The van der Waals surface area contributed by atoms with Crippen molar-refractivity contribution in [1.29, 1.82) is 0 Å². The summed E-state index contributed by atoms with van der Waals surface area (Å²) in [6.07, 6.45) is 0. The molecule has 0 saturated carbocycles. The van der Waals surface area contributed by atoms with Crippen LogP contribution in [0.5, 0.6) is 0 Å². The summed E-state index contributed by atoms with van der Waals surface area (Å²) in [6.45, 7) is 24.6. The number of fused-ring (bicyclic) bond motifs is 34. The molecule has 5 nitrogen and oxygen atoms in total. The van der Waals surface area contributed by atoms with Gasteiger partial charge in [-0.3, -0.25) is 0 Å². The van der Waals surface area contributed by atoms with Crippen molar-refractivity contribution in [3.05, 3.63) is 310 Å². The van der Waals surface area contributed by atoms with Crippen LogP contribution in [0.2, 0.25) is 0 Å². The van der Waals surface area contributed by atoms with Gasteiger partial charge in [0.25, 0.3) is 0 Å². The molecule has 0 bridgehead atoms. The lowest BCUT2D eigenvalue weighted by atomic mass is 9.72. The molecule has 5 aliphatic carbocycles. The molecule has 4 aromatic heterocycles. The summed E-state index contributed by atoms with van der Waals surface area (Å²) >= 11 is 0. The summed E-state index contributed by atoms with van der Waals surface area (Å²) < 4.78 is 24.0. The van der Waals surface area contributed by atoms with Crippen LogP contribution >= 0.6 is 0 Å². The zero-order valence-corrected chi connectivity index (χ0v) is 59.9. The number of rotatable bonds is 5. The van der Waals surface area contributed by atoms with Gasteiger partial charge in [0.2, 0.25) is 0 Å². The van der Waals surface area contributed by atoms with E-state index >= 15 is 0 Å². The molecule has 0 saturated heterocycles. The number of nitrogens with zero attached hydrogens (tertiary/aromatic N) is 2. The molecule has 496 valence electrons. The lowest BCUT2D eigenvalue weighted by Gasteiger charge is -2.33. The third kappa shape index (κ3) is 7.07. The molecule has 5 aliphatic rings. The topological polar surface area (TPSA) is 47.6 Å². The second kappa shape index (κ2) is 19.4. The van der Waals surface area contributed by atoms with Crippen molar-refractivity contribution in [2.75, 3.05) is 4.90 Å². The molecule has 0 spiro atoms. The monoisotopic (exact) mass is 1340 g/mol. The van der Waals surface area contributed by atoms with Crippen LogP contribution < -0.4 is 4.90 Å². The van der Waals surface area contributed by atoms with Crippen LogP contribution in [0.1, 0.15) is 125 Å². The van der Waals surface area contributed by atoms with Gasteiger partial charge in [0, 0.05) is 110 Å². The standard InChI is InChI=1S/C99H72N2O3/c1-95(2)71-49-55(41-44-61(71)80-74(95)52-67(92-83(80)64-31-17-23-37-77(64)102-92)53-40-47-76-68(48-53)58-28-16-22-36-75(58)101(76)54-26-12-11-13-27-54)100(56-42-45-62-72(50-56)98(7,8)88-81(62)84-65-32-18-24-38-78(65)103-93(84)86-59-29-14-20-34-69(59)96(3,4)90(86)88)57-43-46-63-73(51-57)99(9,10)89-82(63)85-66-33-19-25-39-79(66)104-94(85)87-60-30-15-21-35-70(60)97(5,6)91(87)89/h11-52H,1-10H3. The Morgan fingerprint density at radius 1 is 0.260 bits per heavy atom. The number of para-hydroxylation sites is 5. The van der Waals surface area contributed by atoms with E-state index in [1.165, 1.54) is 144 Å². The summed E-state index contributed by atoms with van der Waals surface area (Å²) in [7, 11) is 0. The molecule has 0 N–H and O–H groups in total. The first kappa shape index (κ1) is 58.7. The molecule has 0 fully saturated rings. The quantitative estimate of drug-likeness (QED) is 0.172. The molecule has 4 heterocycles. The van der Waals surface area contributed by atoms with Gasteiger partial charge in [0.1, 0.15) is 33.5 Å². The van der Waals surface area contributed by atoms with Crippen molar-refractivity contribution in [3.8, 4) is 72.4 Å². The van der Waals surface area contributed by atoms with Gasteiger partial charge in [0.15, 0.2) is 0 Å². The molecule has 0 atom stereocenters. The molecule has 23 rings (SSSR count). The molecular formula is C99H72N2O3. The Hall–Kier alpha value is -11.9. The summed E-state index contributed by atoms with van der Waals surface area (Å²) in [6, 6.07) is 95.5. The Balaban J connectivity index is 0.754. The second-order valence-corrected chi connectivity index (χ2v) is 32.9. The highest BCUT2D eigenvalue weighted by Gasteiger charge is 2.51. The van der Waals surface area contributed by atoms with Gasteiger partial charge in [-0.25, -0.2) is 0 Å². The van der Waals surface area contributed by atoms with Crippen LogP contribution in [0.3, 0.4) is 0 Å². The first-order valence-corrected chi connectivity index (χ1v) is 37.0. The Morgan fingerprint density at radius 2 is 0.644 bits per heavy atom. The molecule has 5 heteroatoms. The predicted molar refractivity (Wildman–Crippen MR) is 431 cm³/mol.